The summed E-state index contributed by atoms with van der Waals surface area (Å²) in [6, 6.07) is 12.9. The fraction of sp³-hybridized carbons (Fsp3) is 0.364. The Hall–Kier alpha value is -2.77. The first-order chi connectivity index (χ1) is 13.9. The summed E-state index contributed by atoms with van der Waals surface area (Å²) in [4.78, 5) is 29.1. The fourth-order valence-electron chi connectivity index (χ4n) is 3.51. The number of carbonyl (C=O) groups is 2. The molecule has 0 aromatic heterocycles. The summed E-state index contributed by atoms with van der Waals surface area (Å²) in [5, 5.41) is 0. The van der Waals surface area contributed by atoms with Gasteiger partial charge in [0, 0.05) is 27.2 Å². The van der Waals surface area contributed by atoms with E-state index >= 15 is 0 Å². The van der Waals surface area contributed by atoms with Crippen molar-refractivity contribution in [2.24, 2.45) is 0 Å². The van der Waals surface area contributed by atoms with Crippen molar-refractivity contribution in [2.75, 3.05) is 40.4 Å². The SMILES string of the molecule is CN(C)C(=O)[C@@H](c1ccc(-c2ccc(F)cc2)cc1)[C@H]([NH3+])C(=O)N1CCOCC1. The Morgan fingerprint density at radius 3 is 2.03 bits per heavy atom. The van der Waals surface area contributed by atoms with E-state index in [9.17, 15) is 14.0 Å². The molecular weight excluding hydrogens is 373 g/mol. The Kier molecular flexibility index (Phi) is 6.61. The molecule has 1 heterocycles. The van der Waals surface area contributed by atoms with Gasteiger partial charge >= 0.3 is 0 Å². The lowest BCUT2D eigenvalue weighted by Gasteiger charge is -2.31. The molecule has 0 spiro atoms. The second-order valence-electron chi connectivity index (χ2n) is 7.38. The maximum absolute atomic E-state index is 13.2. The third-order valence-corrected chi connectivity index (χ3v) is 5.20. The van der Waals surface area contributed by atoms with Gasteiger partial charge in [-0.25, -0.2) is 4.39 Å². The molecule has 1 saturated heterocycles. The van der Waals surface area contributed by atoms with E-state index in [1.807, 2.05) is 24.3 Å². The van der Waals surface area contributed by atoms with E-state index in [4.69, 9.17) is 4.74 Å². The minimum absolute atomic E-state index is 0.142. The molecule has 1 fully saturated rings. The zero-order valence-electron chi connectivity index (χ0n) is 16.8. The highest BCUT2D eigenvalue weighted by molar-refractivity contribution is 5.92. The van der Waals surface area contributed by atoms with Gasteiger partial charge in [-0.2, -0.15) is 0 Å². The molecule has 1 aliphatic rings. The Bertz CT molecular complexity index is 847. The smallest absolute Gasteiger partial charge is 0.282 e. The number of amides is 2. The number of morpholine rings is 1. The number of rotatable bonds is 5. The molecule has 2 amide bonds. The molecule has 0 radical (unpaired) electrons. The fourth-order valence-corrected chi connectivity index (χ4v) is 3.51. The number of halogens is 1. The highest BCUT2D eigenvalue weighted by Crippen LogP contribution is 2.26. The Morgan fingerprint density at radius 2 is 1.52 bits per heavy atom. The molecule has 0 saturated carbocycles. The van der Waals surface area contributed by atoms with Crippen LogP contribution >= 0.6 is 0 Å². The van der Waals surface area contributed by atoms with Gasteiger partial charge in [0.05, 0.1) is 13.2 Å². The summed E-state index contributed by atoms with van der Waals surface area (Å²) in [6.45, 7) is 2.02. The van der Waals surface area contributed by atoms with Crippen LogP contribution in [-0.2, 0) is 14.3 Å². The monoisotopic (exact) mass is 400 g/mol. The maximum atomic E-state index is 13.2. The molecule has 2 aromatic rings. The van der Waals surface area contributed by atoms with Crippen LogP contribution in [0.4, 0.5) is 4.39 Å². The molecule has 3 N–H and O–H groups in total. The highest BCUT2D eigenvalue weighted by atomic mass is 19.1. The van der Waals surface area contributed by atoms with Gasteiger partial charge in [-0.05, 0) is 28.8 Å². The number of ether oxygens (including phenoxy) is 1. The minimum Gasteiger partial charge on any atom is -0.378 e. The number of benzene rings is 2. The van der Waals surface area contributed by atoms with Gasteiger partial charge in [0.25, 0.3) is 5.91 Å². The standard InChI is InChI=1S/C22H26FN3O3/c1-25(2)21(27)19(20(24)22(28)26-11-13-29-14-12-26)17-5-3-15(4-6-17)16-7-9-18(23)10-8-16/h3-10,19-20H,11-14,24H2,1-2H3/p+1/t19-,20-/m0/s1. The molecule has 0 bridgehead atoms. The van der Waals surface area contributed by atoms with Crippen LogP contribution in [0.15, 0.2) is 48.5 Å². The van der Waals surface area contributed by atoms with Gasteiger partial charge in [0.15, 0.2) is 6.04 Å². The molecule has 3 rings (SSSR count). The van der Waals surface area contributed by atoms with Crippen molar-refractivity contribution < 1.29 is 24.5 Å². The second kappa shape index (κ2) is 9.15. The molecule has 6 nitrogen and oxygen atoms in total. The number of hydrogen-bond acceptors (Lipinski definition) is 3. The van der Waals surface area contributed by atoms with Crippen LogP contribution in [0.5, 0.6) is 0 Å². The van der Waals surface area contributed by atoms with Crippen LogP contribution in [0.2, 0.25) is 0 Å². The Labute approximate surface area is 170 Å². The predicted octanol–water partition coefficient (Wildman–Crippen LogP) is 1.13. The molecule has 0 aliphatic carbocycles. The Balaban J connectivity index is 1.87. The Morgan fingerprint density at radius 1 is 1.00 bits per heavy atom. The zero-order chi connectivity index (χ0) is 21.0. The van der Waals surface area contributed by atoms with Crippen LogP contribution < -0.4 is 5.73 Å². The van der Waals surface area contributed by atoms with Gasteiger partial charge in [0.1, 0.15) is 11.7 Å². The third kappa shape index (κ3) is 4.81. The van der Waals surface area contributed by atoms with E-state index < -0.39 is 12.0 Å². The van der Waals surface area contributed by atoms with E-state index in [0.717, 1.165) is 16.7 Å². The van der Waals surface area contributed by atoms with Crippen molar-refractivity contribution in [3.05, 3.63) is 59.9 Å². The number of quaternary nitrogens is 1. The van der Waals surface area contributed by atoms with Crippen LogP contribution in [-0.4, -0.2) is 68.1 Å². The van der Waals surface area contributed by atoms with Crippen LogP contribution in [0, 0.1) is 5.82 Å². The summed E-state index contributed by atoms with van der Waals surface area (Å²) < 4.78 is 18.5. The number of likely N-dealkylation sites (N-methyl/N-ethyl adjacent to an activating group) is 1. The molecule has 2 aromatic carbocycles. The van der Waals surface area contributed by atoms with Crippen LogP contribution in [0.25, 0.3) is 11.1 Å². The summed E-state index contributed by atoms with van der Waals surface area (Å²) in [6.07, 6.45) is 0. The average molecular weight is 400 g/mol. The van der Waals surface area contributed by atoms with E-state index in [2.05, 4.69) is 5.73 Å². The first-order valence-corrected chi connectivity index (χ1v) is 9.65. The number of carbonyl (C=O) groups excluding carboxylic acids is 2. The molecule has 154 valence electrons. The molecule has 0 unspecified atom stereocenters. The third-order valence-electron chi connectivity index (χ3n) is 5.20. The lowest BCUT2D eigenvalue weighted by Crippen LogP contribution is -2.72. The first kappa shape index (κ1) is 21.0. The van der Waals surface area contributed by atoms with Crippen LogP contribution in [0.1, 0.15) is 11.5 Å². The van der Waals surface area contributed by atoms with Gasteiger partial charge in [-0.15, -0.1) is 0 Å². The van der Waals surface area contributed by atoms with Gasteiger partial charge in [-0.1, -0.05) is 36.4 Å². The van der Waals surface area contributed by atoms with Crippen molar-refractivity contribution >= 4 is 11.8 Å². The lowest BCUT2D eigenvalue weighted by molar-refractivity contribution is -0.409. The minimum atomic E-state index is -0.736. The van der Waals surface area contributed by atoms with Crippen molar-refractivity contribution in [1.82, 2.24) is 9.80 Å². The van der Waals surface area contributed by atoms with E-state index in [1.165, 1.54) is 17.0 Å². The normalized spacial score (nSPS) is 16.2. The largest absolute Gasteiger partial charge is 0.378 e. The molecule has 7 heteroatoms. The molecular formula is C22H27FN3O3+. The summed E-state index contributed by atoms with van der Waals surface area (Å²) in [5.41, 5.74) is 6.58. The van der Waals surface area contributed by atoms with Gasteiger partial charge < -0.3 is 20.3 Å². The quantitative estimate of drug-likeness (QED) is 0.818. The average Bonchev–Trinajstić information content (AvgIpc) is 2.75. The summed E-state index contributed by atoms with van der Waals surface area (Å²) in [5.74, 6) is -1.27. The molecule has 2 atom stereocenters. The van der Waals surface area contributed by atoms with Crippen molar-refractivity contribution in [2.45, 2.75) is 12.0 Å². The van der Waals surface area contributed by atoms with Gasteiger partial charge in [-0.3, -0.25) is 9.59 Å². The van der Waals surface area contributed by atoms with Crippen molar-refractivity contribution in [3.63, 3.8) is 0 Å². The van der Waals surface area contributed by atoms with E-state index in [1.54, 1.807) is 31.1 Å². The first-order valence-electron chi connectivity index (χ1n) is 9.65. The predicted molar refractivity (Wildman–Crippen MR) is 107 cm³/mol. The van der Waals surface area contributed by atoms with Crippen molar-refractivity contribution in [1.29, 1.82) is 0 Å². The van der Waals surface area contributed by atoms with E-state index in [-0.39, 0.29) is 17.6 Å². The summed E-state index contributed by atoms with van der Waals surface area (Å²) >= 11 is 0. The zero-order valence-corrected chi connectivity index (χ0v) is 16.8. The number of nitrogens with zero attached hydrogens (tertiary/aromatic N) is 2. The molecule has 1 aliphatic heterocycles. The van der Waals surface area contributed by atoms with Gasteiger partial charge in [0.2, 0.25) is 5.91 Å². The second-order valence-corrected chi connectivity index (χ2v) is 7.38. The lowest BCUT2D eigenvalue weighted by atomic mass is 9.88. The maximum Gasteiger partial charge on any atom is 0.282 e. The van der Waals surface area contributed by atoms with E-state index in [0.29, 0.717) is 26.3 Å². The highest BCUT2D eigenvalue weighted by Gasteiger charge is 2.39. The topological polar surface area (TPSA) is 77.5 Å². The van der Waals surface area contributed by atoms with Crippen molar-refractivity contribution in [3.8, 4) is 11.1 Å². The summed E-state index contributed by atoms with van der Waals surface area (Å²) in [7, 11) is 3.35. The molecule has 29 heavy (non-hydrogen) atoms. The number of hydrogen-bond donors (Lipinski definition) is 1. The van der Waals surface area contributed by atoms with Crippen LogP contribution in [0.3, 0.4) is 0 Å².